The van der Waals surface area contributed by atoms with Crippen LogP contribution in [-0.4, -0.2) is 26.4 Å². The summed E-state index contributed by atoms with van der Waals surface area (Å²) < 4.78 is 33.1. The zero-order chi connectivity index (χ0) is 21.8. The normalized spacial score (nSPS) is 11.1. The summed E-state index contributed by atoms with van der Waals surface area (Å²) in [5.41, 5.74) is 1.69. The lowest BCUT2D eigenvalue weighted by atomic mass is 10.2. The fourth-order valence-corrected chi connectivity index (χ4v) is 4.11. The number of ether oxygens (including phenoxy) is 1. The number of benzene rings is 3. The van der Waals surface area contributed by atoms with Gasteiger partial charge in [-0.1, -0.05) is 30.3 Å². The van der Waals surface area contributed by atoms with Gasteiger partial charge >= 0.3 is 0 Å². The molecule has 1 aromatic heterocycles. The first-order valence-corrected chi connectivity index (χ1v) is 10.9. The molecule has 7 nitrogen and oxygen atoms in total. The van der Waals surface area contributed by atoms with Crippen LogP contribution in [0.25, 0.3) is 10.9 Å². The lowest BCUT2D eigenvalue weighted by Crippen LogP contribution is -2.16. The minimum Gasteiger partial charge on any atom is -0.497 e. The van der Waals surface area contributed by atoms with Crippen LogP contribution in [-0.2, 0) is 10.0 Å². The van der Waals surface area contributed by atoms with E-state index in [9.17, 15) is 13.2 Å². The molecular formula is C23H19N3O4S. The topological polar surface area (TPSA) is 97.4 Å². The fourth-order valence-electron chi connectivity index (χ4n) is 3.00. The van der Waals surface area contributed by atoms with E-state index >= 15 is 0 Å². The largest absolute Gasteiger partial charge is 0.497 e. The Hall–Kier alpha value is -3.91. The third-order valence-corrected chi connectivity index (χ3v) is 5.95. The van der Waals surface area contributed by atoms with Crippen molar-refractivity contribution < 1.29 is 17.9 Å². The van der Waals surface area contributed by atoms with E-state index in [0.717, 1.165) is 5.39 Å². The average Bonchev–Trinajstić information content (AvgIpc) is 2.79. The van der Waals surface area contributed by atoms with Gasteiger partial charge in [0.2, 0.25) is 0 Å². The molecule has 0 aliphatic rings. The average molecular weight is 433 g/mol. The molecule has 4 rings (SSSR count). The molecule has 0 spiro atoms. The number of methoxy groups -OCH3 is 1. The third-order valence-electron chi connectivity index (χ3n) is 4.58. The van der Waals surface area contributed by atoms with E-state index in [1.165, 1.54) is 19.2 Å². The number of anilines is 2. The highest BCUT2D eigenvalue weighted by Crippen LogP contribution is 2.22. The highest BCUT2D eigenvalue weighted by molar-refractivity contribution is 7.92. The van der Waals surface area contributed by atoms with Gasteiger partial charge in [-0.05, 0) is 54.6 Å². The maximum Gasteiger partial charge on any atom is 0.274 e. The quantitative estimate of drug-likeness (QED) is 0.473. The van der Waals surface area contributed by atoms with Crippen molar-refractivity contribution in [2.45, 2.75) is 4.90 Å². The molecule has 0 unspecified atom stereocenters. The zero-order valence-corrected chi connectivity index (χ0v) is 17.4. The molecule has 0 aliphatic carbocycles. The van der Waals surface area contributed by atoms with Crippen molar-refractivity contribution in [2.75, 3.05) is 17.1 Å². The summed E-state index contributed by atoms with van der Waals surface area (Å²) in [6.45, 7) is 0. The Labute approximate surface area is 179 Å². The van der Waals surface area contributed by atoms with Gasteiger partial charge in [-0.15, -0.1) is 0 Å². The number of carbonyl (C=O) groups is 1. The standard InChI is InChI=1S/C23H19N3O4S/c1-30-19-12-10-17(11-13-19)26-31(28,29)20-7-4-6-18(15-20)24-23(27)22-14-9-16-5-2-3-8-21(16)25-22/h2-15,26H,1H3,(H,24,27). The van der Waals surface area contributed by atoms with Crippen molar-refractivity contribution in [3.05, 3.63) is 90.6 Å². The summed E-state index contributed by atoms with van der Waals surface area (Å²) in [6.07, 6.45) is 0. The number of hydrogen-bond acceptors (Lipinski definition) is 5. The van der Waals surface area contributed by atoms with Gasteiger partial charge in [-0.3, -0.25) is 9.52 Å². The van der Waals surface area contributed by atoms with Gasteiger partial charge < -0.3 is 10.1 Å². The molecule has 4 aromatic rings. The van der Waals surface area contributed by atoms with E-state index in [2.05, 4.69) is 15.0 Å². The number of hydrogen-bond donors (Lipinski definition) is 2. The molecule has 2 N–H and O–H groups in total. The fraction of sp³-hybridized carbons (Fsp3) is 0.0435. The van der Waals surface area contributed by atoms with E-state index in [4.69, 9.17) is 4.74 Å². The second-order valence-electron chi connectivity index (χ2n) is 6.71. The first-order valence-electron chi connectivity index (χ1n) is 9.39. The Kier molecular flexibility index (Phi) is 5.55. The van der Waals surface area contributed by atoms with Gasteiger partial charge in [0.1, 0.15) is 11.4 Å². The van der Waals surface area contributed by atoms with Gasteiger partial charge in [0.25, 0.3) is 15.9 Å². The number of fused-ring (bicyclic) bond motifs is 1. The molecule has 1 heterocycles. The molecule has 1 amide bonds. The number of rotatable bonds is 6. The van der Waals surface area contributed by atoms with Gasteiger partial charge in [-0.25, -0.2) is 13.4 Å². The predicted molar refractivity (Wildman–Crippen MR) is 120 cm³/mol. The smallest absolute Gasteiger partial charge is 0.274 e. The van der Waals surface area contributed by atoms with Gasteiger partial charge in [0, 0.05) is 16.8 Å². The minimum atomic E-state index is -3.84. The second-order valence-corrected chi connectivity index (χ2v) is 8.39. The molecule has 8 heteroatoms. The van der Waals surface area contributed by atoms with E-state index in [1.54, 1.807) is 42.5 Å². The van der Waals surface area contributed by atoms with Gasteiger partial charge in [0.05, 0.1) is 17.5 Å². The zero-order valence-electron chi connectivity index (χ0n) is 16.6. The van der Waals surface area contributed by atoms with Crippen LogP contribution in [0.4, 0.5) is 11.4 Å². The summed E-state index contributed by atoms with van der Waals surface area (Å²) in [5.74, 6) is 0.193. The molecule has 156 valence electrons. The first kappa shape index (κ1) is 20.4. The number of pyridine rings is 1. The Morgan fingerprint density at radius 3 is 2.42 bits per heavy atom. The predicted octanol–water partition coefficient (Wildman–Crippen LogP) is 4.30. The summed E-state index contributed by atoms with van der Waals surface area (Å²) in [4.78, 5) is 17.0. The van der Waals surface area contributed by atoms with Crippen LogP contribution in [0.2, 0.25) is 0 Å². The van der Waals surface area contributed by atoms with Crippen LogP contribution in [0, 0.1) is 0 Å². The molecule has 0 bridgehead atoms. The van der Waals surface area contributed by atoms with Crippen molar-refractivity contribution in [2.24, 2.45) is 0 Å². The first-order chi connectivity index (χ1) is 14.9. The van der Waals surface area contributed by atoms with Crippen LogP contribution in [0.3, 0.4) is 0 Å². The molecule has 31 heavy (non-hydrogen) atoms. The van der Waals surface area contributed by atoms with Crippen LogP contribution < -0.4 is 14.8 Å². The van der Waals surface area contributed by atoms with E-state index in [0.29, 0.717) is 22.6 Å². The van der Waals surface area contributed by atoms with Crippen LogP contribution in [0.5, 0.6) is 5.75 Å². The van der Waals surface area contributed by atoms with Gasteiger partial charge in [0.15, 0.2) is 0 Å². The van der Waals surface area contributed by atoms with E-state index in [-0.39, 0.29) is 10.6 Å². The van der Waals surface area contributed by atoms with Crippen molar-refractivity contribution >= 4 is 38.2 Å². The molecule has 0 saturated heterocycles. The number of para-hydroxylation sites is 1. The van der Waals surface area contributed by atoms with Crippen LogP contribution in [0.1, 0.15) is 10.5 Å². The lowest BCUT2D eigenvalue weighted by Gasteiger charge is -2.11. The molecular weight excluding hydrogens is 414 g/mol. The van der Waals surface area contributed by atoms with Crippen molar-refractivity contribution in [3.63, 3.8) is 0 Å². The Morgan fingerprint density at radius 1 is 0.871 bits per heavy atom. The Bertz CT molecular complexity index is 1350. The highest BCUT2D eigenvalue weighted by atomic mass is 32.2. The maximum atomic E-state index is 12.7. The number of nitrogens with zero attached hydrogens (tertiary/aromatic N) is 1. The number of carbonyl (C=O) groups excluding carboxylic acids is 1. The minimum absolute atomic E-state index is 0.0209. The van der Waals surface area contributed by atoms with Gasteiger partial charge in [-0.2, -0.15) is 0 Å². The Balaban J connectivity index is 1.53. The molecule has 0 atom stereocenters. The van der Waals surface area contributed by atoms with E-state index < -0.39 is 15.9 Å². The molecule has 0 saturated carbocycles. The lowest BCUT2D eigenvalue weighted by molar-refractivity contribution is 0.102. The number of amides is 1. The van der Waals surface area contributed by atoms with Crippen molar-refractivity contribution in [3.8, 4) is 5.75 Å². The molecule has 0 radical (unpaired) electrons. The summed E-state index contributed by atoms with van der Waals surface area (Å²) >= 11 is 0. The second kappa shape index (κ2) is 8.45. The summed E-state index contributed by atoms with van der Waals surface area (Å²) in [7, 11) is -2.31. The van der Waals surface area contributed by atoms with Crippen molar-refractivity contribution in [1.29, 1.82) is 0 Å². The van der Waals surface area contributed by atoms with E-state index in [1.807, 2.05) is 30.3 Å². The number of aromatic nitrogens is 1. The SMILES string of the molecule is COc1ccc(NS(=O)(=O)c2cccc(NC(=O)c3ccc4ccccc4n3)c2)cc1. The summed E-state index contributed by atoms with van der Waals surface area (Å²) in [6, 6.07) is 23.5. The Morgan fingerprint density at radius 2 is 1.65 bits per heavy atom. The monoisotopic (exact) mass is 433 g/mol. The van der Waals surface area contributed by atoms with Crippen LogP contribution in [0.15, 0.2) is 89.8 Å². The number of sulfonamides is 1. The molecule has 0 aliphatic heterocycles. The third kappa shape index (κ3) is 4.65. The highest BCUT2D eigenvalue weighted by Gasteiger charge is 2.16. The van der Waals surface area contributed by atoms with Crippen LogP contribution >= 0.6 is 0 Å². The van der Waals surface area contributed by atoms with Crippen molar-refractivity contribution in [1.82, 2.24) is 4.98 Å². The molecule has 0 fully saturated rings. The maximum absolute atomic E-state index is 12.7. The number of nitrogens with one attached hydrogen (secondary N) is 2. The molecule has 3 aromatic carbocycles. The summed E-state index contributed by atoms with van der Waals surface area (Å²) in [5, 5.41) is 3.63.